The van der Waals surface area contributed by atoms with E-state index in [1.54, 1.807) is 6.92 Å². The zero-order valence-electron chi connectivity index (χ0n) is 12.5. The van der Waals surface area contributed by atoms with E-state index in [-0.39, 0.29) is 18.4 Å². The Kier molecular flexibility index (Phi) is 7.64. The van der Waals surface area contributed by atoms with Gasteiger partial charge in [-0.3, -0.25) is 4.79 Å². The summed E-state index contributed by atoms with van der Waals surface area (Å²) in [5, 5.41) is 11.6. The van der Waals surface area contributed by atoms with Crippen molar-refractivity contribution in [2.75, 3.05) is 13.1 Å². The first kappa shape index (κ1) is 18.2. The Morgan fingerprint density at radius 2 is 1.80 bits per heavy atom. The van der Waals surface area contributed by atoms with Crippen LogP contribution in [0.15, 0.2) is 0 Å². The molecule has 0 aliphatic heterocycles. The van der Waals surface area contributed by atoms with Crippen LogP contribution in [0, 0.1) is 11.8 Å². The first-order valence-electron chi connectivity index (χ1n) is 6.75. The smallest absolute Gasteiger partial charge is 0.326 e. The summed E-state index contributed by atoms with van der Waals surface area (Å²) in [6.45, 7) is 7.50. The number of hydrogen-bond acceptors (Lipinski definition) is 3. The molecule has 20 heavy (non-hydrogen) atoms. The van der Waals surface area contributed by atoms with Crippen molar-refractivity contribution in [3.8, 4) is 0 Å². The molecule has 0 rings (SSSR count). The number of nitrogens with two attached hydrogens (primary N) is 1. The summed E-state index contributed by atoms with van der Waals surface area (Å²) in [6.07, 6.45) is 0.622. The molecule has 0 radical (unpaired) electrons. The van der Waals surface area contributed by atoms with Gasteiger partial charge in [-0.25, -0.2) is 9.59 Å². The summed E-state index contributed by atoms with van der Waals surface area (Å²) in [7, 11) is 0. The van der Waals surface area contributed by atoms with Crippen LogP contribution in [0.4, 0.5) is 4.79 Å². The van der Waals surface area contributed by atoms with Crippen molar-refractivity contribution in [3.63, 3.8) is 0 Å². The van der Waals surface area contributed by atoms with E-state index in [0.717, 1.165) is 0 Å². The quantitative estimate of drug-likeness (QED) is 0.608. The van der Waals surface area contributed by atoms with Gasteiger partial charge in [0.25, 0.3) is 0 Å². The van der Waals surface area contributed by atoms with Gasteiger partial charge in [0, 0.05) is 6.54 Å². The average molecular weight is 287 g/mol. The van der Waals surface area contributed by atoms with Crippen LogP contribution in [0.3, 0.4) is 0 Å². The van der Waals surface area contributed by atoms with E-state index < -0.39 is 23.9 Å². The molecule has 0 saturated heterocycles. The van der Waals surface area contributed by atoms with Crippen molar-refractivity contribution in [1.82, 2.24) is 10.2 Å². The fraction of sp³-hybridized carbons (Fsp3) is 0.769. The lowest BCUT2D eigenvalue weighted by Crippen LogP contribution is -2.52. The second-order valence-electron chi connectivity index (χ2n) is 5.39. The summed E-state index contributed by atoms with van der Waals surface area (Å²) >= 11 is 0. The largest absolute Gasteiger partial charge is 0.480 e. The van der Waals surface area contributed by atoms with Crippen molar-refractivity contribution in [2.24, 2.45) is 17.6 Å². The molecule has 0 heterocycles. The number of primary amides is 1. The molecular formula is C13H25N3O4. The molecule has 0 saturated carbocycles. The van der Waals surface area contributed by atoms with Gasteiger partial charge < -0.3 is 21.1 Å². The van der Waals surface area contributed by atoms with E-state index in [1.165, 1.54) is 4.90 Å². The number of nitrogens with zero attached hydrogens (tertiary/aromatic N) is 1. The third kappa shape index (κ3) is 6.40. The zero-order chi connectivity index (χ0) is 15.9. The van der Waals surface area contributed by atoms with Gasteiger partial charge in [0.05, 0.1) is 0 Å². The van der Waals surface area contributed by atoms with Gasteiger partial charge in [-0.05, 0) is 11.8 Å². The number of hydrogen-bond donors (Lipinski definition) is 3. The number of carbonyl (C=O) groups excluding carboxylic acids is 2. The molecule has 0 spiro atoms. The Bertz CT molecular complexity index is 358. The van der Waals surface area contributed by atoms with Crippen LogP contribution in [0.25, 0.3) is 0 Å². The minimum absolute atomic E-state index is 0.145. The van der Waals surface area contributed by atoms with E-state index in [4.69, 9.17) is 10.8 Å². The van der Waals surface area contributed by atoms with Gasteiger partial charge in [0.15, 0.2) is 0 Å². The number of carboxylic acid groups (broad SMARTS) is 1. The predicted molar refractivity (Wildman–Crippen MR) is 75.0 cm³/mol. The number of amides is 3. The number of aliphatic carboxylic acids is 1. The molecule has 0 aromatic heterocycles. The lowest BCUT2D eigenvalue weighted by atomic mass is 9.99. The minimum Gasteiger partial charge on any atom is -0.480 e. The molecule has 3 amide bonds. The lowest BCUT2D eigenvalue weighted by molar-refractivity contribution is -0.140. The highest BCUT2D eigenvalue weighted by Gasteiger charge is 2.28. The molecule has 2 atom stereocenters. The number of nitrogens with one attached hydrogen (secondary N) is 1. The molecule has 4 N–H and O–H groups in total. The first-order valence-corrected chi connectivity index (χ1v) is 6.75. The Hall–Kier alpha value is -1.79. The molecule has 0 aliphatic rings. The lowest BCUT2D eigenvalue weighted by Gasteiger charge is -2.27. The fourth-order valence-electron chi connectivity index (χ4n) is 1.76. The highest BCUT2D eigenvalue weighted by Crippen LogP contribution is 2.09. The monoisotopic (exact) mass is 287 g/mol. The summed E-state index contributed by atoms with van der Waals surface area (Å²) in [4.78, 5) is 35.5. The number of carboxylic acids is 1. The van der Waals surface area contributed by atoms with Crippen molar-refractivity contribution in [1.29, 1.82) is 0 Å². The first-order chi connectivity index (χ1) is 9.18. The SMILES string of the molecule is CC[C@H](C)[C@H](NC(=O)N(CC(N)=O)CC(C)C)C(=O)O. The second kappa shape index (κ2) is 8.39. The predicted octanol–water partition coefficient (Wildman–Crippen LogP) is 0.639. The topological polar surface area (TPSA) is 113 Å². The molecule has 0 aromatic rings. The van der Waals surface area contributed by atoms with E-state index >= 15 is 0 Å². The maximum Gasteiger partial charge on any atom is 0.326 e. The van der Waals surface area contributed by atoms with Crippen molar-refractivity contribution in [2.45, 2.75) is 40.2 Å². The maximum atomic E-state index is 12.1. The summed E-state index contributed by atoms with van der Waals surface area (Å²) in [5.41, 5.74) is 5.11. The van der Waals surface area contributed by atoms with Gasteiger partial charge in [-0.15, -0.1) is 0 Å². The molecule has 7 nitrogen and oxygen atoms in total. The molecule has 7 heteroatoms. The molecule has 0 unspecified atom stereocenters. The van der Waals surface area contributed by atoms with E-state index in [1.807, 2.05) is 20.8 Å². The average Bonchev–Trinajstić information content (AvgIpc) is 2.32. The van der Waals surface area contributed by atoms with Gasteiger partial charge in [-0.2, -0.15) is 0 Å². The highest BCUT2D eigenvalue weighted by molar-refractivity contribution is 5.86. The van der Waals surface area contributed by atoms with Crippen LogP contribution in [-0.2, 0) is 9.59 Å². The molecule has 0 aromatic carbocycles. The Morgan fingerprint density at radius 1 is 1.25 bits per heavy atom. The third-order valence-electron chi connectivity index (χ3n) is 2.98. The fourth-order valence-corrected chi connectivity index (χ4v) is 1.76. The zero-order valence-corrected chi connectivity index (χ0v) is 12.5. The van der Waals surface area contributed by atoms with Crippen molar-refractivity contribution >= 4 is 17.9 Å². The summed E-state index contributed by atoms with van der Waals surface area (Å²) in [5.74, 6) is -1.77. The van der Waals surface area contributed by atoms with E-state index in [9.17, 15) is 14.4 Å². The van der Waals surface area contributed by atoms with Crippen LogP contribution < -0.4 is 11.1 Å². The van der Waals surface area contributed by atoms with Crippen LogP contribution in [0.5, 0.6) is 0 Å². The van der Waals surface area contributed by atoms with Crippen LogP contribution in [0.1, 0.15) is 34.1 Å². The van der Waals surface area contributed by atoms with Crippen LogP contribution >= 0.6 is 0 Å². The van der Waals surface area contributed by atoms with Gasteiger partial charge in [-0.1, -0.05) is 34.1 Å². The number of urea groups is 1. The van der Waals surface area contributed by atoms with Crippen molar-refractivity contribution in [3.05, 3.63) is 0 Å². The summed E-state index contributed by atoms with van der Waals surface area (Å²) < 4.78 is 0. The molecule has 0 fully saturated rings. The third-order valence-corrected chi connectivity index (χ3v) is 2.98. The van der Waals surface area contributed by atoms with Crippen LogP contribution in [-0.4, -0.2) is 47.0 Å². The van der Waals surface area contributed by atoms with Crippen LogP contribution in [0.2, 0.25) is 0 Å². The Morgan fingerprint density at radius 3 is 2.15 bits per heavy atom. The van der Waals surface area contributed by atoms with Crippen molar-refractivity contribution < 1.29 is 19.5 Å². The van der Waals surface area contributed by atoms with E-state index in [2.05, 4.69) is 5.32 Å². The summed E-state index contributed by atoms with van der Waals surface area (Å²) in [6, 6.07) is -1.56. The molecular weight excluding hydrogens is 262 g/mol. The highest BCUT2D eigenvalue weighted by atomic mass is 16.4. The van der Waals surface area contributed by atoms with E-state index in [0.29, 0.717) is 13.0 Å². The molecule has 0 aliphatic carbocycles. The second-order valence-corrected chi connectivity index (χ2v) is 5.39. The maximum absolute atomic E-state index is 12.1. The molecule has 116 valence electrons. The standard InChI is InChI=1S/C13H25N3O4/c1-5-9(4)11(12(18)19)15-13(20)16(6-8(2)3)7-10(14)17/h8-9,11H,5-7H2,1-4H3,(H2,14,17)(H,15,20)(H,18,19)/t9-,11-/m0/s1. The Balaban J connectivity index is 4.86. The number of rotatable bonds is 8. The number of carbonyl (C=O) groups is 3. The van der Waals surface area contributed by atoms with Gasteiger partial charge in [0.2, 0.25) is 5.91 Å². The van der Waals surface area contributed by atoms with Gasteiger partial charge in [0.1, 0.15) is 12.6 Å². The van der Waals surface area contributed by atoms with Gasteiger partial charge >= 0.3 is 12.0 Å². The minimum atomic E-state index is -1.09. The Labute approximate surface area is 119 Å². The molecule has 0 bridgehead atoms. The normalized spacial score (nSPS) is 13.7.